The number of aromatic nitrogens is 2. The van der Waals surface area contributed by atoms with E-state index in [9.17, 15) is 5.11 Å². The zero-order valence-corrected chi connectivity index (χ0v) is 12.5. The maximum Gasteiger partial charge on any atom is 0.201 e. The van der Waals surface area contributed by atoms with Gasteiger partial charge < -0.3 is 15.4 Å². The van der Waals surface area contributed by atoms with E-state index in [0.717, 1.165) is 22.0 Å². The smallest absolute Gasteiger partial charge is 0.201 e. The van der Waals surface area contributed by atoms with Crippen LogP contribution in [0.15, 0.2) is 66.7 Å². The van der Waals surface area contributed by atoms with Gasteiger partial charge in [-0.05, 0) is 34.5 Å². The maximum absolute atomic E-state index is 10.4. The minimum atomic E-state index is -0.590. The molecule has 0 amide bonds. The van der Waals surface area contributed by atoms with Crippen molar-refractivity contribution in [2.24, 2.45) is 0 Å². The van der Waals surface area contributed by atoms with Crippen molar-refractivity contribution in [2.75, 3.05) is 11.9 Å². The Kier molecular flexibility index (Phi) is 3.44. The first-order valence-corrected chi connectivity index (χ1v) is 7.65. The summed E-state index contributed by atoms with van der Waals surface area (Å²) < 4.78 is 0. The Bertz CT molecular complexity index is 928. The SMILES string of the molecule is OC(CNc1nc2ccccc2[nH]1)c1ccc2ccccc2c1. The van der Waals surface area contributed by atoms with Crippen LogP contribution in [0.25, 0.3) is 21.8 Å². The fourth-order valence-electron chi connectivity index (χ4n) is 2.76. The Morgan fingerprint density at radius 1 is 0.957 bits per heavy atom. The zero-order chi connectivity index (χ0) is 15.6. The number of nitrogens with zero attached hydrogens (tertiary/aromatic N) is 1. The van der Waals surface area contributed by atoms with Crippen molar-refractivity contribution in [1.29, 1.82) is 0 Å². The molecule has 0 aliphatic rings. The number of aromatic amines is 1. The van der Waals surface area contributed by atoms with Gasteiger partial charge in [0.25, 0.3) is 0 Å². The van der Waals surface area contributed by atoms with E-state index in [1.54, 1.807) is 0 Å². The molecule has 4 heteroatoms. The maximum atomic E-state index is 10.4. The number of hydrogen-bond acceptors (Lipinski definition) is 3. The van der Waals surface area contributed by atoms with E-state index in [1.807, 2.05) is 54.6 Å². The fourth-order valence-corrected chi connectivity index (χ4v) is 2.76. The number of fused-ring (bicyclic) bond motifs is 2. The minimum absolute atomic E-state index is 0.401. The number of aliphatic hydroxyl groups excluding tert-OH is 1. The highest BCUT2D eigenvalue weighted by Crippen LogP contribution is 2.21. The Hall–Kier alpha value is -2.85. The van der Waals surface area contributed by atoms with Crippen molar-refractivity contribution in [2.45, 2.75) is 6.10 Å². The van der Waals surface area contributed by atoms with Gasteiger partial charge in [0.2, 0.25) is 5.95 Å². The highest BCUT2D eigenvalue weighted by atomic mass is 16.3. The Labute approximate surface area is 133 Å². The predicted molar refractivity (Wildman–Crippen MR) is 93.5 cm³/mol. The molecule has 1 aromatic heterocycles. The van der Waals surface area contributed by atoms with Crippen molar-refractivity contribution in [3.05, 3.63) is 72.3 Å². The molecular weight excluding hydrogens is 286 g/mol. The molecule has 4 rings (SSSR count). The van der Waals surface area contributed by atoms with E-state index >= 15 is 0 Å². The number of aliphatic hydroxyl groups is 1. The van der Waals surface area contributed by atoms with Gasteiger partial charge in [-0.3, -0.25) is 0 Å². The predicted octanol–water partition coefficient (Wildman–Crippen LogP) is 3.86. The van der Waals surface area contributed by atoms with Crippen molar-refractivity contribution < 1.29 is 5.11 Å². The van der Waals surface area contributed by atoms with Gasteiger partial charge in [-0.15, -0.1) is 0 Å². The molecule has 3 aromatic carbocycles. The van der Waals surface area contributed by atoms with E-state index in [4.69, 9.17) is 0 Å². The first kappa shape index (κ1) is 13.8. The average molecular weight is 303 g/mol. The van der Waals surface area contributed by atoms with Gasteiger partial charge in [0, 0.05) is 6.54 Å². The first-order valence-electron chi connectivity index (χ1n) is 7.65. The fraction of sp³-hybridized carbons (Fsp3) is 0.105. The number of hydrogen-bond donors (Lipinski definition) is 3. The lowest BCUT2D eigenvalue weighted by atomic mass is 10.0. The van der Waals surface area contributed by atoms with Gasteiger partial charge in [0.1, 0.15) is 0 Å². The Morgan fingerprint density at radius 2 is 1.74 bits per heavy atom. The first-order chi connectivity index (χ1) is 11.3. The van der Waals surface area contributed by atoms with Gasteiger partial charge in [-0.1, -0.05) is 48.5 Å². The number of rotatable bonds is 4. The molecule has 3 N–H and O–H groups in total. The summed E-state index contributed by atoms with van der Waals surface area (Å²) in [6, 6.07) is 22.0. The summed E-state index contributed by atoms with van der Waals surface area (Å²) in [6.45, 7) is 0.401. The van der Waals surface area contributed by atoms with Crippen LogP contribution in [0.3, 0.4) is 0 Å². The van der Waals surface area contributed by atoms with Crippen LogP contribution in [0.5, 0.6) is 0 Å². The summed E-state index contributed by atoms with van der Waals surface area (Å²) in [5.41, 5.74) is 2.79. The number of para-hydroxylation sites is 2. The summed E-state index contributed by atoms with van der Waals surface area (Å²) in [5, 5.41) is 15.9. The molecule has 23 heavy (non-hydrogen) atoms. The van der Waals surface area contributed by atoms with Crippen molar-refractivity contribution in [1.82, 2.24) is 9.97 Å². The van der Waals surface area contributed by atoms with Crippen molar-refractivity contribution in [3.8, 4) is 0 Å². The Balaban J connectivity index is 1.50. The van der Waals surface area contributed by atoms with Crippen molar-refractivity contribution in [3.63, 3.8) is 0 Å². The van der Waals surface area contributed by atoms with Crippen LogP contribution in [-0.2, 0) is 0 Å². The number of imidazole rings is 1. The number of benzene rings is 3. The van der Waals surface area contributed by atoms with Gasteiger partial charge in [0.05, 0.1) is 17.1 Å². The van der Waals surface area contributed by atoms with E-state index in [0.29, 0.717) is 12.5 Å². The van der Waals surface area contributed by atoms with Crippen LogP contribution >= 0.6 is 0 Å². The van der Waals surface area contributed by atoms with Crippen LogP contribution < -0.4 is 5.32 Å². The quantitative estimate of drug-likeness (QED) is 0.536. The van der Waals surface area contributed by atoms with Crippen LogP contribution in [0.2, 0.25) is 0 Å². The monoisotopic (exact) mass is 303 g/mol. The highest BCUT2D eigenvalue weighted by Gasteiger charge is 2.09. The van der Waals surface area contributed by atoms with Crippen LogP contribution in [0, 0.1) is 0 Å². The largest absolute Gasteiger partial charge is 0.387 e. The molecule has 4 aromatic rings. The standard InChI is InChI=1S/C19H17N3O/c23-18(15-10-9-13-5-1-2-6-14(13)11-15)12-20-19-21-16-7-3-4-8-17(16)22-19/h1-11,18,23H,12H2,(H2,20,21,22). The highest BCUT2D eigenvalue weighted by molar-refractivity contribution is 5.83. The van der Waals surface area contributed by atoms with Crippen molar-refractivity contribution >= 4 is 27.8 Å². The topological polar surface area (TPSA) is 60.9 Å². The summed E-state index contributed by atoms with van der Waals surface area (Å²) in [7, 11) is 0. The van der Waals surface area contributed by atoms with Crippen LogP contribution in [0.4, 0.5) is 5.95 Å². The third-order valence-corrected chi connectivity index (χ3v) is 4.01. The number of anilines is 1. The van der Waals surface area contributed by atoms with E-state index in [1.165, 1.54) is 5.39 Å². The van der Waals surface area contributed by atoms with Crippen LogP contribution in [0.1, 0.15) is 11.7 Å². The molecule has 0 radical (unpaired) electrons. The molecule has 0 spiro atoms. The molecule has 0 saturated carbocycles. The molecule has 1 atom stereocenters. The summed E-state index contributed by atoms with van der Waals surface area (Å²) in [4.78, 5) is 7.65. The molecule has 0 fully saturated rings. The number of H-pyrrole nitrogens is 1. The minimum Gasteiger partial charge on any atom is -0.387 e. The molecule has 1 unspecified atom stereocenters. The lowest BCUT2D eigenvalue weighted by Gasteiger charge is -2.12. The third kappa shape index (κ3) is 2.76. The molecule has 114 valence electrons. The number of nitrogens with one attached hydrogen (secondary N) is 2. The van der Waals surface area contributed by atoms with Gasteiger partial charge in [-0.2, -0.15) is 0 Å². The lowest BCUT2D eigenvalue weighted by Crippen LogP contribution is -2.12. The second-order valence-corrected chi connectivity index (χ2v) is 5.61. The van der Waals surface area contributed by atoms with Gasteiger partial charge in [-0.25, -0.2) is 4.98 Å². The molecule has 1 heterocycles. The second-order valence-electron chi connectivity index (χ2n) is 5.61. The molecule has 0 aliphatic carbocycles. The van der Waals surface area contributed by atoms with E-state index in [-0.39, 0.29) is 0 Å². The molecule has 0 aliphatic heterocycles. The molecule has 0 bridgehead atoms. The van der Waals surface area contributed by atoms with E-state index < -0.39 is 6.10 Å². The average Bonchev–Trinajstić information content (AvgIpc) is 3.02. The third-order valence-electron chi connectivity index (χ3n) is 4.01. The summed E-state index contributed by atoms with van der Waals surface area (Å²) >= 11 is 0. The Morgan fingerprint density at radius 3 is 2.61 bits per heavy atom. The molecule has 0 saturated heterocycles. The van der Waals surface area contributed by atoms with Crippen LogP contribution in [-0.4, -0.2) is 21.6 Å². The zero-order valence-electron chi connectivity index (χ0n) is 12.5. The van der Waals surface area contributed by atoms with E-state index in [2.05, 4.69) is 27.4 Å². The molecule has 4 nitrogen and oxygen atoms in total. The summed E-state index contributed by atoms with van der Waals surface area (Å²) in [5.74, 6) is 0.672. The van der Waals surface area contributed by atoms with Gasteiger partial charge in [0.15, 0.2) is 0 Å². The normalized spacial score (nSPS) is 12.6. The molecular formula is C19H17N3O. The lowest BCUT2D eigenvalue weighted by molar-refractivity contribution is 0.191. The second kappa shape index (κ2) is 5.74. The summed E-state index contributed by atoms with van der Waals surface area (Å²) in [6.07, 6.45) is -0.590. The van der Waals surface area contributed by atoms with Gasteiger partial charge >= 0.3 is 0 Å².